The molecule has 3 N–H and O–H groups in total. The maximum Gasteiger partial charge on any atom is 0.269 e. The minimum absolute atomic E-state index is 0.0288. The number of amides is 3. The van der Waals surface area contributed by atoms with Gasteiger partial charge in [-0.25, -0.2) is 13.1 Å². The number of carbonyl (C=O) groups excluding carboxylic acids is 3. The highest BCUT2D eigenvalue weighted by molar-refractivity contribution is 7.90. The van der Waals surface area contributed by atoms with E-state index < -0.39 is 27.7 Å². The first-order valence-corrected chi connectivity index (χ1v) is 13.7. The molecule has 11 nitrogen and oxygen atoms in total. The van der Waals surface area contributed by atoms with Crippen LogP contribution in [0, 0.1) is 0 Å². The highest BCUT2D eigenvalue weighted by atomic mass is 35.5. The van der Waals surface area contributed by atoms with Crippen molar-refractivity contribution in [2.24, 2.45) is 0 Å². The van der Waals surface area contributed by atoms with Gasteiger partial charge in [0.05, 0.1) is 34.2 Å². The molecule has 0 aliphatic carbocycles. The zero-order valence-electron chi connectivity index (χ0n) is 21.0. The van der Waals surface area contributed by atoms with Crippen LogP contribution >= 0.6 is 11.6 Å². The van der Waals surface area contributed by atoms with Gasteiger partial charge in [0.25, 0.3) is 27.7 Å². The van der Waals surface area contributed by atoms with Gasteiger partial charge in [-0.1, -0.05) is 29.8 Å². The molecule has 3 aromatic rings. The van der Waals surface area contributed by atoms with Gasteiger partial charge >= 0.3 is 0 Å². The van der Waals surface area contributed by atoms with Gasteiger partial charge in [-0.2, -0.15) is 0 Å². The van der Waals surface area contributed by atoms with Crippen molar-refractivity contribution in [3.05, 3.63) is 88.7 Å². The van der Waals surface area contributed by atoms with Crippen LogP contribution in [0.1, 0.15) is 38.1 Å². The van der Waals surface area contributed by atoms with Crippen LogP contribution in [0.15, 0.2) is 71.8 Å². The van der Waals surface area contributed by atoms with E-state index in [1.807, 2.05) is 29.8 Å². The fraction of sp³-hybridized carbons (Fsp3) is 0.231. The number of nitrogens with one attached hydrogen (secondary N) is 3. The normalized spacial score (nSPS) is 10.9. The minimum Gasteiger partial charge on any atom is -0.492 e. The summed E-state index contributed by atoms with van der Waals surface area (Å²) in [4.78, 5) is 40.8. The maximum absolute atomic E-state index is 12.8. The quantitative estimate of drug-likeness (QED) is 0.263. The Morgan fingerprint density at radius 1 is 0.897 bits per heavy atom. The molecule has 0 radical (unpaired) electrons. The number of sulfonamides is 1. The van der Waals surface area contributed by atoms with E-state index in [9.17, 15) is 22.8 Å². The number of para-hydroxylation sites is 1. The predicted molar refractivity (Wildman–Crippen MR) is 143 cm³/mol. The second-order valence-electron chi connectivity index (χ2n) is 7.88. The predicted octanol–water partition coefficient (Wildman–Crippen LogP) is 2.43. The molecule has 0 saturated heterocycles. The molecule has 0 bridgehead atoms. The largest absolute Gasteiger partial charge is 0.492 e. The molecule has 206 valence electrons. The minimum atomic E-state index is -4.37. The van der Waals surface area contributed by atoms with Crippen LogP contribution in [0.4, 0.5) is 0 Å². The van der Waals surface area contributed by atoms with E-state index in [0.717, 1.165) is 12.3 Å². The Kier molecular flexibility index (Phi) is 10.8. The van der Waals surface area contributed by atoms with Gasteiger partial charge in [-0.15, -0.1) is 0 Å². The van der Waals surface area contributed by atoms with E-state index in [0.29, 0.717) is 19.0 Å². The Hall–Kier alpha value is -4.00. The van der Waals surface area contributed by atoms with Crippen molar-refractivity contribution in [1.29, 1.82) is 0 Å². The van der Waals surface area contributed by atoms with Gasteiger partial charge in [0, 0.05) is 19.3 Å². The van der Waals surface area contributed by atoms with E-state index in [4.69, 9.17) is 21.1 Å². The molecule has 0 aliphatic heterocycles. The number of carbonyl (C=O) groups is 3. The Morgan fingerprint density at radius 2 is 1.62 bits per heavy atom. The molecule has 0 fully saturated rings. The van der Waals surface area contributed by atoms with Crippen molar-refractivity contribution in [2.45, 2.75) is 11.8 Å². The van der Waals surface area contributed by atoms with Gasteiger partial charge in [0.15, 0.2) is 0 Å². The lowest BCUT2D eigenvalue weighted by molar-refractivity contribution is 0.0914. The molecular weight excluding hydrogens is 548 g/mol. The van der Waals surface area contributed by atoms with Crippen LogP contribution < -0.4 is 20.1 Å². The number of ether oxygens (including phenoxy) is 2. The van der Waals surface area contributed by atoms with E-state index >= 15 is 0 Å². The summed E-state index contributed by atoms with van der Waals surface area (Å²) in [6.45, 7) is 3.32. The third-order valence-corrected chi connectivity index (χ3v) is 6.77. The lowest BCUT2D eigenvalue weighted by atomic mass is 10.2. The van der Waals surface area contributed by atoms with Gasteiger partial charge in [-0.05, 0) is 49.4 Å². The number of nitrogens with zero attached hydrogens (tertiary/aromatic N) is 1. The highest BCUT2D eigenvalue weighted by Gasteiger charge is 2.22. The average Bonchev–Trinajstić information content (AvgIpc) is 2.93. The van der Waals surface area contributed by atoms with Crippen LogP contribution in [0.5, 0.6) is 5.75 Å². The van der Waals surface area contributed by atoms with Gasteiger partial charge in [0.2, 0.25) is 0 Å². The number of benzene rings is 2. The zero-order valence-corrected chi connectivity index (χ0v) is 22.5. The molecule has 13 heteroatoms. The monoisotopic (exact) mass is 574 g/mol. The molecule has 1 heterocycles. The Bertz CT molecular complexity index is 1400. The standard InChI is InChI=1S/C26H27ClN4O7S/c1-2-37-14-12-29-26(34)23-11-8-18(17-30-23)24(32)31-39(35,36)20-9-10-22(27)21(16-20)25(33)28-13-15-38-19-6-4-3-5-7-19/h3-11,16-17H,2,12-15H2,1H3,(H,28,33)(H,29,34)(H,31,32). The Balaban J connectivity index is 1.60. The fourth-order valence-corrected chi connectivity index (χ4v) is 4.37. The van der Waals surface area contributed by atoms with Crippen molar-refractivity contribution >= 4 is 39.3 Å². The molecular formula is C26H27ClN4O7S. The molecule has 3 amide bonds. The van der Waals surface area contributed by atoms with Crippen molar-refractivity contribution < 1.29 is 32.3 Å². The van der Waals surface area contributed by atoms with E-state index in [1.165, 1.54) is 24.3 Å². The molecule has 3 rings (SSSR count). The number of hydrogen-bond acceptors (Lipinski definition) is 8. The fourth-order valence-electron chi connectivity index (χ4n) is 3.16. The zero-order chi connectivity index (χ0) is 28.3. The summed E-state index contributed by atoms with van der Waals surface area (Å²) in [5, 5.41) is 5.25. The van der Waals surface area contributed by atoms with Crippen LogP contribution in [0.25, 0.3) is 0 Å². The van der Waals surface area contributed by atoms with Crippen molar-refractivity contribution in [3.8, 4) is 5.75 Å². The Labute approximate surface area is 230 Å². The van der Waals surface area contributed by atoms with Gasteiger partial charge < -0.3 is 20.1 Å². The summed E-state index contributed by atoms with van der Waals surface area (Å²) in [5.74, 6) is -1.41. The third-order valence-electron chi connectivity index (χ3n) is 5.11. The molecule has 0 unspecified atom stereocenters. The second kappa shape index (κ2) is 14.2. The average molecular weight is 575 g/mol. The molecule has 39 heavy (non-hydrogen) atoms. The smallest absolute Gasteiger partial charge is 0.269 e. The van der Waals surface area contributed by atoms with Crippen LogP contribution in [-0.4, -0.2) is 64.0 Å². The van der Waals surface area contributed by atoms with Gasteiger partial charge in [-0.3, -0.25) is 19.4 Å². The summed E-state index contributed by atoms with van der Waals surface area (Å²) in [6, 6.07) is 15.1. The number of hydrogen-bond donors (Lipinski definition) is 3. The number of rotatable bonds is 13. The SMILES string of the molecule is CCOCCNC(=O)c1ccc(C(=O)NS(=O)(=O)c2ccc(Cl)c(C(=O)NCCOc3ccccc3)c2)cn1. The third kappa shape index (κ3) is 8.77. The Morgan fingerprint density at radius 3 is 2.31 bits per heavy atom. The maximum atomic E-state index is 12.8. The second-order valence-corrected chi connectivity index (χ2v) is 9.97. The molecule has 0 spiro atoms. The van der Waals surface area contributed by atoms with Crippen molar-refractivity contribution in [2.75, 3.05) is 32.9 Å². The van der Waals surface area contributed by atoms with Crippen molar-refractivity contribution in [3.63, 3.8) is 0 Å². The lowest BCUT2D eigenvalue weighted by Gasteiger charge is -2.11. The molecule has 0 saturated carbocycles. The first-order valence-electron chi connectivity index (χ1n) is 11.9. The summed E-state index contributed by atoms with van der Waals surface area (Å²) < 4.78 is 38.3. The topological polar surface area (TPSA) is 153 Å². The van der Waals surface area contributed by atoms with Crippen LogP contribution in [-0.2, 0) is 14.8 Å². The first-order chi connectivity index (χ1) is 18.7. The van der Waals surface area contributed by atoms with E-state index in [1.54, 1.807) is 12.1 Å². The van der Waals surface area contributed by atoms with Crippen molar-refractivity contribution in [1.82, 2.24) is 20.3 Å². The summed E-state index contributed by atoms with van der Waals surface area (Å²) in [5.41, 5.74) is -0.128. The number of aromatic nitrogens is 1. The lowest BCUT2D eigenvalue weighted by Crippen LogP contribution is -2.32. The molecule has 0 atom stereocenters. The van der Waals surface area contributed by atoms with E-state index in [-0.39, 0.29) is 46.4 Å². The summed E-state index contributed by atoms with van der Waals surface area (Å²) >= 11 is 6.12. The molecule has 1 aromatic heterocycles. The highest BCUT2D eigenvalue weighted by Crippen LogP contribution is 2.21. The molecule has 2 aromatic carbocycles. The number of halogens is 1. The van der Waals surface area contributed by atoms with Crippen LogP contribution in [0.2, 0.25) is 5.02 Å². The summed E-state index contributed by atoms with van der Waals surface area (Å²) in [6.07, 6.45) is 1.08. The molecule has 0 aliphatic rings. The summed E-state index contributed by atoms with van der Waals surface area (Å²) in [7, 11) is -4.37. The first kappa shape index (κ1) is 29.6. The van der Waals surface area contributed by atoms with Crippen LogP contribution in [0.3, 0.4) is 0 Å². The number of pyridine rings is 1. The van der Waals surface area contributed by atoms with Gasteiger partial charge in [0.1, 0.15) is 18.1 Å². The van der Waals surface area contributed by atoms with E-state index in [2.05, 4.69) is 15.6 Å².